The molecule has 0 bridgehead atoms. The first-order chi connectivity index (χ1) is 9.19. The van der Waals surface area contributed by atoms with Gasteiger partial charge in [-0.2, -0.15) is 13.2 Å². The number of carbonyl (C=O) groups excluding carboxylic acids is 1. The molecule has 116 valence electrons. The Bertz CT molecular complexity index is 484. The van der Waals surface area contributed by atoms with Gasteiger partial charge in [-0.05, 0) is 25.8 Å². The predicted molar refractivity (Wildman–Crippen MR) is 65.8 cm³/mol. The lowest BCUT2D eigenvalue weighted by atomic mass is 9.85. The zero-order chi connectivity index (χ0) is 15.0. The third kappa shape index (κ3) is 2.65. The van der Waals surface area contributed by atoms with Crippen LogP contribution in [0, 0.1) is 5.41 Å². The molecule has 2 aliphatic rings. The Morgan fingerprint density at radius 2 is 2.10 bits per heavy atom. The molecule has 0 saturated carbocycles. The Balaban J connectivity index is 2.04. The quantitative estimate of drug-likeness (QED) is 0.781. The minimum atomic E-state index is -4.64. The van der Waals surface area contributed by atoms with E-state index in [1.54, 1.807) is 0 Å². The van der Waals surface area contributed by atoms with E-state index in [9.17, 15) is 26.4 Å². The van der Waals surface area contributed by atoms with Gasteiger partial charge in [0.2, 0.25) is 5.91 Å². The van der Waals surface area contributed by atoms with Gasteiger partial charge in [0, 0.05) is 13.1 Å². The highest BCUT2D eigenvalue weighted by Gasteiger charge is 2.61. The second-order valence-corrected chi connectivity index (χ2v) is 7.75. The summed E-state index contributed by atoms with van der Waals surface area (Å²) in [5.41, 5.74) is -2.44. The van der Waals surface area contributed by atoms with Crippen LogP contribution in [0.1, 0.15) is 19.3 Å². The highest BCUT2D eigenvalue weighted by atomic mass is 32.2. The van der Waals surface area contributed by atoms with Crippen LogP contribution in [0.25, 0.3) is 0 Å². The van der Waals surface area contributed by atoms with E-state index < -0.39 is 39.1 Å². The van der Waals surface area contributed by atoms with Crippen LogP contribution in [-0.4, -0.2) is 51.1 Å². The van der Waals surface area contributed by atoms with Crippen LogP contribution >= 0.6 is 0 Å². The number of hydrogen-bond donors (Lipinski definition) is 2. The summed E-state index contributed by atoms with van der Waals surface area (Å²) in [6, 6.07) is 0. The van der Waals surface area contributed by atoms with Crippen LogP contribution in [0.5, 0.6) is 0 Å². The molecule has 1 amide bonds. The lowest BCUT2D eigenvalue weighted by Gasteiger charge is -2.29. The van der Waals surface area contributed by atoms with Gasteiger partial charge < -0.3 is 10.6 Å². The van der Waals surface area contributed by atoms with E-state index in [1.165, 1.54) is 0 Å². The average molecular weight is 314 g/mol. The molecule has 2 atom stereocenters. The fourth-order valence-corrected chi connectivity index (χ4v) is 4.49. The number of amides is 1. The van der Waals surface area contributed by atoms with Gasteiger partial charge in [0.15, 0.2) is 15.3 Å². The van der Waals surface area contributed by atoms with Gasteiger partial charge in [0.05, 0.1) is 11.0 Å². The molecule has 2 unspecified atom stereocenters. The molecule has 2 aliphatic heterocycles. The summed E-state index contributed by atoms with van der Waals surface area (Å²) in [5.74, 6) is -1.09. The number of carbonyl (C=O) groups is 1. The summed E-state index contributed by atoms with van der Waals surface area (Å²) in [6.45, 7) is -0.576. The van der Waals surface area contributed by atoms with Gasteiger partial charge in [0.25, 0.3) is 0 Å². The normalized spacial score (nSPS) is 33.2. The van der Waals surface area contributed by atoms with Crippen molar-refractivity contribution >= 4 is 15.7 Å². The number of halogens is 3. The van der Waals surface area contributed by atoms with Crippen molar-refractivity contribution in [2.24, 2.45) is 5.41 Å². The molecular weight excluding hydrogens is 297 g/mol. The second kappa shape index (κ2) is 5.18. The van der Waals surface area contributed by atoms with Crippen LogP contribution in [0.3, 0.4) is 0 Å². The van der Waals surface area contributed by atoms with Crippen molar-refractivity contribution in [2.45, 2.75) is 30.7 Å². The molecule has 0 spiro atoms. The molecule has 5 nitrogen and oxygen atoms in total. The Morgan fingerprint density at radius 1 is 1.40 bits per heavy atom. The molecule has 20 heavy (non-hydrogen) atoms. The molecule has 2 fully saturated rings. The number of sulfone groups is 1. The van der Waals surface area contributed by atoms with Crippen LogP contribution in [-0.2, 0) is 14.6 Å². The summed E-state index contributed by atoms with van der Waals surface area (Å²) in [7, 11) is -3.27. The van der Waals surface area contributed by atoms with Crippen molar-refractivity contribution in [3.63, 3.8) is 0 Å². The second-order valence-electron chi connectivity index (χ2n) is 5.35. The van der Waals surface area contributed by atoms with Crippen molar-refractivity contribution in [3.05, 3.63) is 0 Å². The highest BCUT2D eigenvalue weighted by molar-refractivity contribution is 7.92. The van der Waals surface area contributed by atoms with Crippen LogP contribution in [0.4, 0.5) is 13.2 Å². The summed E-state index contributed by atoms with van der Waals surface area (Å²) >= 11 is 0. The maximum atomic E-state index is 13.1. The minimum absolute atomic E-state index is 0.0412. The largest absolute Gasteiger partial charge is 0.404 e. The molecule has 2 saturated heterocycles. The van der Waals surface area contributed by atoms with Gasteiger partial charge in [0.1, 0.15) is 0 Å². The monoisotopic (exact) mass is 314 g/mol. The maximum Gasteiger partial charge on any atom is 0.404 e. The summed E-state index contributed by atoms with van der Waals surface area (Å²) in [4.78, 5) is 11.9. The first-order valence-corrected chi connectivity index (χ1v) is 8.18. The van der Waals surface area contributed by atoms with E-state index in [0.717, 1.165) is 0 Å². The van der Waals surface area contributed by atoms with Crippen molar-refractivity contribution < 1.29 is 26.4 Å². The fraction of sp³-hybridized carbons (Fsp3) is 0.909. The zero-order valence-corrected chi connectivity index (χ0v) is 11.6. The number of rotatable bonds is 3. The lowest BCUT2D eigenvalue weighted by Crippen LogP contribution is -2.53. The standard InChI is InChI=1S/C11H17F3N2O3S/c12-11(13,14)10(3-4-15-7-10)9(17)16-6-8-2-1-5-20(8,18)19/h8,15H,1-7H2,(H,16,17). The van der Waals surface area contributed by atoms with Gasteiger partial charge in [-0.3, -0.25) is 4.79 Å². The summed E-state index contributed by atoms with van der Waals surface area (Å²) < 4.78 is 62.5. The Kier molecular flexibility index (Phi) is 4.03. The number of alkyl halides is 3. The van der Waals surface area contributed by atoms with E-state index >= 15 is 0 Å². The topological polar surface area (TPSA) is 75.3 Å². The summed E-state index contributed by atoms with van der Waals surface area (Å²) in [5, 5.41) is 3.98. The maximum absolute atomic E-state index is 13.1. The van der Waals surface area contributed by atoms with E-state index in [2.05, 4.69) is 10.6 Å². The number of nitrogens with one attached hydrogen (secondary N) is 2. The lowest BCUT2D eigenvalue weighted by molar-refractivity contribution is -0.215. The van der Waals surface area contributed by atoms with E-state index in [0.29, 0.717) is 12.8 Å². The SMILES string of the molecule is O=C(NCC1CCCS1(=O)=O)C1(C(F)(F)F)CCNC1. The van der Waals surface area contributed by atoms with Crippen LogP contribution in [0.2, 0.25) is 0 Å². The van der Waals surface area contributed by atoms with Crippen molar-refractivity contribution in [3.8, 4) is 0 Å². The molecule has 9 heteroatoms. The van der Waals surface area contributed by atoms with E-state index in [-0.39, 0.29) is 25.3 Å². The minimum Gasteiger partial charge on any atom is -0.354 e. The number of hydrogen-bond acceptors (Lipinski definition) is 4. The van der Waals surface area contributed by atoms with Crippen LogP contribution in [0.15, 0.2) is 0 Å². The first kappa shape index (κ1) is 15.6. The van der Waals surface area contributed by atoms with Gasteiger partial charge in [-0.1, -0.05) is 0 Å². The predicted octanol–water partition coefficient (Wildman–Crippen LogP) is 0.222. The van der Waals surface area contributed by atoms with E-state index in [1.807, 2.05) is 0 Å². The van der Waals surface area contributed by atoms with Crippen molar-refractivity contribution in [1.29, 1.82) is 0 Å². The van der Waals surface area contributed by atoms with Gasteiger partial charge in [-0.25, -0.2) is 8.42 Å². The molecule has 2 heterocycles. The first-order valence-electron chi connectivity index (χ1n) is 6.46. The Hall–Kier alpha value is -0.830. The van der Waals surface area contributed by atoms with Crippen molar-refractivity contribution in [2.75, 3.05) is 25.4 Å². The molecule has 0 radical (unpaired) electrons. The molecule has 2 N–H and O–H groups in total. The fourth-order valence-electron chi connectivity index (χ4n) is 2.72. The highest BCUT2D eigenvalue weighted by Crippen LogP contribution is 2.43. The van der Waals surface area contributed by atoms with Gasteiger partial charge in [-0.15, -0.1) is 0 Å². The smallest absolute Gasteiger partial charge is 0.354 e. The molecule has 2 rings (SSSR count). The van der Waals surface area contributed by atoms with Crippen LogP contribution < -0.4 is 10.6 Å². The molecule has 0 aliphatic carbocycles. The summed E-state index contributed by atoms with van der Waals surface area (Å²) in [6.07, 6.45) is -4.08. The molecule has 0 aromatic heterocycles. The Morgan fingerprint density at radius 3 is 2.55 bits per heavy atom. The van der Waals surface area contributed by atoms with E-state index in [4.69, 9.17) is 0 Å². The Labute approximate surface area is 115 Å². The zero-order valence-electron chi connectivity index (χ0n) is 10.8. The third-order valence-electron chi connectivity index (χ3n) is 4.09. The van der Waals surface area contributed by atoms with Gasteiger partial charge >= 0.3 is 6.18 Å². The molecular formula is C11H17F3N2O3S. The molecule has 0 aromatic carbocycles. The molecule has 0 aromatic rings. The van der Waals surface area contributed by atoms with Crippen molar-refractivity contribution in [1.82, 2.24) is 10.6 Å². The average Bonchev–Trinajstić information content (AvgIpc) is 2.92. The third-order valence-corrected chi connectivity index (χ3v) is 6.36.